The molecular weight excluding hydrogens is 367 g/mol. The zero-order chi connectivity index (χ0) is 18.5. The van der Waals surface area contributed by atoms with Crippen molar-refractivity contribution in [3.63, 3.8) is 0 Å². The Morgan fingerprint density at radius 3 is 2.78 bits per heavy atom. The van der Waals surface area contributed by atoms with Crippen LogP contribution in [0.1, 0.15) is 17.1 Å². The van der Waals surface area contributed by atoms with Gasteiger partial charge in [-0.25, -0.2) is 19.2 Å². The van der Waals surface area contributed by atoms with Gasteiger partial charge >= 0.3 is 6.03 Å². The minimum absolute atomic E-state index is 0.171. The number of thiazole rings is 1. The van der Waals surface area contributed by atoms with Crippen molar-refractivity contribution in [1.82, 2.24) is 19.7 Å². The molecule has 138 valence electrons. The number of amides is 1. The number of alkyl halides is 1. The van der Waals surface area contributed by atoms with Crippen molar-refractivity contribution >= 4 is 28.2 Å². The number of nitrogens with zero attached hydrogens (tertiary/aromatic N) is 6. The predicted octanol–water partition coefficient (Wildman–Crippen LogP) is 3.25. The maximum atomic E-state index is 13.4. The van der Waals surface area contributed by atoms with Gasteiger partial charge in [-0.05, 0) is 31.5 Å². The van der Waals surface area contributed by atoms with Crippen molar-refractivity contribution in [2.75, 3.05) is 22.9 Å². The average Bonchev–Trinajstić information content (AvgIpc) is 3.42. The summed E-state index contributed by atoms with van der Waals surface area (Å²) in [5, 5.41) is 6.21. The minimum atomic E-state index is -0.779. The Hall–Kier alpha value is -2.81. The Morgan fingerprint density at radius 2 is 2.15 bits per heavy atom. The number of halogens is 1. The van der Waals surface area contributed by atoms with E-state index in [4.69, 9.17) is 0 Å². The molecule has 5 rings (SSSR count). The fourth-order valence-corrected chi connectivity index (χ4v) is 4.25. The van der Waals surface area contributed by atoms with Crippen LogP contribution in [-0.4, -0.2) is 45.0 Å². The zero-order valence-corrected chi connectivity index (χ0v) is 15.5. The van der Waals surface area contributed by atoms with Crippen LogP contribution < -0.4 is 9.80 Å². The SMILES string of the molecule is Cc1ncc(N2Cc3cc(-c4ccc(N5CC[C@@H](F)C5)nc4)nn3C2=O)s1. The molecule has 0 unspecified atom stereocenters. The highest BCUT2D eigenvalue weighted by Crippen LogP contribution is 2.31. The van der Waals surface area contributed by atoms with Gasteiger partial charge in [0.2, 0.25) is 0 Å². The van der Waals surface area contributed by atoms with Gasteiger partial charge in [-0.3, -0.25) is 4.90 Å². The molecule has 3 aromatic rings. The van der Waals surface area contributed by atoms with Gasteiger partial charge in [0.15, 0.2) is 0 Å². The van der Waals surface area contributed by atoms with E-state index < -0.39 is 6.17 Å². The number of aromatic nitrogens is 4. The monoisotopic (exact) mass is 384 g/mol. The molecule has 1 fully saturated rings. The second-order valence-electron chi connectivity index (χ2n) is 6.76. The molecule has 0 bridgehead atoms. The van der Waals surface area contributed by atoms with Crippen molar-refractivity contribution in [2.45, 2.75) is 26.1 Å². The summed E-state index contributed by atoms with van der Waals surface area (Å²) in [5.41, 5.74) is 2.39. The summed E-state index contributed by atoms with van der Waals surface area (Å²) in [6, 6.07) is 5.54. The van der Waals surface area contributed by atoms with Crippen LogP contribution in [0.5, 0.6) is 0 Å². The minimum Gasteiger partial charge on any atom is -0.354 e. The average molecular weight is 384 g/mol. The lowest BCUT2D eigenvalue weighted by Crippen LogP contribution is -2.25. The third-order valence-electron chi connectivity index (χ3n) is 4.89. The van der Waals surface area contributed by atoms with E-state index in [1.165, 1.54) is 16.0 Å². The Balaban J connectivity index is 1.37. The molecule has 2 aliphatic heterocycles. The molecule has 5 heterocycles. The van der Waals surface area contributed by atoms with Crippen LogP contribution in [0.25, 0.3) is 11.3 Å². The highest BCUT2D eigenvalue weighted by Gasteiger charge is 2.31. The summed E-state index contributed by atoms with van der Waals surface area (Å²) in [4.78, 5) is 24.9. The quantitative estimate of drug-likeness (QED) is 0.693. The van der Waals surface area contributed by atoms with E-state index in [9.17, 15) is 9.18 Å². The maximum Gasteiger partial charge on any atom is 0.350 e. The Kier molecular flexibility index (Phi) is 3.71. The fraction of sp³-hybridized carbons (Fsp3) is 0.333. The number of fused-ring (bicyclic) bond motifs is 1. The summed E-state index contributed by atoms with van der Waals surface area (Å²) in [5.74, 6) is 0.772. The third kappa shape index (κ3) is 2.78. The third-order valence-corrected chi connectivity index (χ3v) is 5.82. The first-order valence-corrected chi connectivity index (χ1v) is 9.59. The fourth-order valence-electron chi connectivity index (χ4n) is 3.48. The summed E-state index contributed by atoms with van der Waals surface area (Å²) in [7, 11) is 0. The molecule has 0 aliphatic carbocycles. The van der Waals surface area contributed by atoms with Gasteiger partial charge in [0, 0.05) is 18.3 Å². The smallest absolute Gasteiger partial charge is 0.350 e. The summed E-state index contributed by atoms with van der Waals surface area (Å²) in [6.45, 7) is 3.47. The van der Waals surface area contributed by atoms with Gasteiger partial charge < -0.3 is 4.90 Å². The molecule has 9 heteroatoms. The van der Waals surface area contributed by atoms with Crippen LogP contribution in [0.4, 0.5) is 20.0 Å². The van der Waals surface area contributed by atoms with E-state index in [1.54, 1.807) is 17.3 Å². The van der Waals surface area contributed by atoms with E-state index in [0.29, 0.717) is 31.7 Å². The van der Waals surface area contributed by atoms with Crippen LogP contribution in [0.3, 0.4) is 0 Å². The molecule has 0 aromatic carbocycles. The van der Waals surface area contributed by atoms with E-state index in [2.05, 4.69) is 15.1 Å². The molecule has 1 amide bonds. The van der Waals surface area contributed by atoms with Crippen LogP contribution in [-0.2, 0) is 6.54 Å². The molecule has 0 radical (unpaired) electrons. The largest absolute Gasteiger partial charge is 0.354 e. The highest BCUT2D eigenvalue weighted by molar-refractivity contribution is 7.15. The summed E-state index contributed by atoms with van der Waals surface area (Å²) >= 11 is 1.49. The van der Waals surface area contributed by atoms with Crippen molar-refractivity contribution in [1.29, 1.82) is 0 Å². The second kappa shape index (κ2) is 6.12. The van der Waals surface area contributed by atoms with Crippen LogP contribution in [0, 0.1) is 6.92 Å². The molecule has 27 heavy (non-hydrogen) atoms. The van der Waals surface area contributed by atoms with E-state index >= 15 is 0 Å². The lowest BCUT2D eigenvalue weighted by atomic mass is 10.2. The summed E-state index contributed by atoms with van der Waals surface area (Å²) < 4.78 is 14.8. The Bertz CT molecular complexity index is 1010. The van der Waals surface area contributed by atoms with E-state index in [0.717, 1.165) is 27.1 Å². The normalized spacial score (nSPS) is 19.2. The van der Waals surface area contributed by atoms with Crippen LogP contribution >= 0.6 is 11.3 Å². The number of carbonyl (C=O) groups is 1. The van der Waals surface area contributed by atoms with Gasteiger partial charge in [-0.1, -0.05) is 0 Å². The predicted molar refractivity (Wildman–Crippen MR) is 101 cm³/mol. The highest BCUT2D eigenvalue weighted by atomic mass is 32.1. The molecule has 2 aliphatic rings. The topological polar surface area (TPSA) is 67.2 Å². The first kappa shape index (κ1) is 16.4. The maximum absolute atomic E-state index is 13.4. The van der Waals surface area contributed by atoms with Gasteiger partial charge in [0.25, 0.3) is 0 Å². The lowest BCUT2D eigenvalue weighted by molar-refractivity contribution is 0.248. The molecule has 0 N–H and O–H groups in total. The van der Waals surface area contributed by atoms with Crippen molar-refractivity contribution in [2.24, 2.45) is 0 Å². The van der Waals surface area contributed by atoms with Gasteiger partial charge in [0.1, 0.15) is 17.0 Å². The molecule has 1 saturated heterocycles. The molecule has 7 nitrogen and oxygen atoms in total. The zero-order valence-electron chi connectivity index (χ0n) is 14.7. The van der Waals surface area contributed by atoms with Gasteiger partial charge in [-0.15, -0.1) is 11.3 Å². The number of anilines is 2. The number of carbonyl (C=O) groups excluding carboxylic acids is 1. The van der Waals surface area contributed by atoms with Crippen molar-refractivity contribution in [3.8, 4) is 11.3 Å². The second-order valence-corrected chi connectivity index (χ2v) is 7.97. The van der Waals surface area contributed by atoms with Crippen molar-refractivity contribution < 1.29 is 9.18 Å². The lowest BCUT2D eigenvalue weighted by Gasteiger charge is -2.16. The van der Waals surface area contributed by atoms with Crippen LogP contribution in [0.15, 0.2) is 30.6 Å². The number of aryl methyl sites for hydroxylation is 1. The molecule has 1 atom stereocenters. The molecular formula is C18H17FN6OS. The summed E-state index contributed by atoms with van der Waals surface area (Å²) in [6.07, 6.45) is 3.22. The number of rotatable bonds is 3. The van der Waals surface area contributed by atoms with Gasteiger partial charge in [-0.2, -0.15) is 9.78 Å². The number of hydrogen-bond donors (Lipinski definition) is 0. The van der Waals surface area contributed by atoms with Crippen LogP contribution in [0.2, 0.25) is 0 Å². The first-order valence-electron chi connectivity index (χ1n) is 8.77. The molecule has 0 saturated carbocycles. The van der Waals surface area contributed by atoms with Gasteiger partial charge in [0.05, 0.1) is 35.7 Å². The van der Waals surface area contributed by atoms with E-state index in [1.807, 2.05) is 30.0 Å². The number of pyridine rings is 1. The molecule has 0 spiro atoms. The Morgan fingerprint density at radius 1 is 1.26 bits per heavy atom. The number of hydrogen-bond acceptors (Lipinski definition) is 6. The standard InChI is InChI=1S/C18H17FN6OS/c1-11-20-8-17(27-11)24-10-14-6-15(22-25(14)18(24)26)12-2-3-16(21-7-12)23-5-4-13(19)9-23/h2-3,6-8,13H,4-5,9-10H2,1H3/t13-/m1/s1. The van der Waals surface area contributed by atoms with E-state index in [-0.39, 0.29) is 6.03 Å². The first-order chi connectivity index (χ1) is 13.1. The van der Waals surface area contributed by atoms with Crippen molar-refractivity contribution in [3.05, 3.63) is 41.3 Å². The Labute approximate surface area is 159 Å². The molecule has 3 aromatic heterocycles.